The van der Waals surface area contributed by atoms with E-state index in [0.29, 0.717) is 5.56 Å². The van der Waals surface area contributed by atoms with Crippen molar-refractivity contribution in [1.29, 1.82) is 0 Å². The Bertz CT molecular complexity index is 695. The normalized spacial score (nSPS) is 16.0. The number of halogens is 1. The molecule has 1 heterocycles. The van der Waals surface area contributed by atoms with Gasteiger partial charge in [-0.25, -0.2) is 0 Å². The summed E-state index contributed by atoms with van der Waals surface area (Å²) < 4.78 is 0. The predicted molar refractivity (Wildman–Crippen MR) is 95.3 cm³/mol. The number of nitrogens with one attached hydrogen (secondary N) is 1. The highest BCUT2D eigenvalue weighted by molar-refractivity contribution is 6.30. The second kappa shape index (κ2) is 7.69. The van der Waals surface area contributed by atoms with Gasteiger partial charge in [0.05, 0.1) is 5.56 Å². The molecular weight excluding hydrogens is 324 g/mol. The van der Waals surface area contributed by atoms with Crippen molar-refractivity contribution in [2.45, 2.75) is 25.4 Å². The second-order valence-corrected chi connectivity index (χ2v) is 6.60. The predicted octanol–water partition coefficient (Wildman–Crippen LogP) is 3.44. The van der Waals surface area contributed by atoms with Crippen molar-refractivity contribution in [1.82, 2.24) is 10.2 Å². The van der Waals surface area contributed by atoms with E-state index in [1.807, 2.05) is 24.3 Å². The van der Waals surface area contributed by atoms with Gasteiger partial charge >= 0.3 is 0 Å². The Kier molecular flexibility index (Phi) is 5.38. The number of amides is 1. The van der Waals surface area contributed by atoms with Crippen LogP contribution in [0, 0.1) is 0 Å². The number of nitrogens with zero attached hydrogens (tertiary/aromatic N) is 1. The largest absolute Gasteiger partial charge is 0.507 e. The highest BCUT2D eigenvalue weighted by Gasteiger charge is 2.22. The molecule has 0 atom stereocenters. The zero-order chi connectivity index (χ0) is 16.9. The molecule has 5 heteroatoms. The summed E-state index contributed by atoms with van der Waals surface area (Å²) in [6.07, 6.45) is 1.82. The van der Waals surface area contributed by atoms with Crippen molar-refractivity contribution >= 4 is 17.5 Å². The van der Waals surface area contributed by atoms with Crippen LogP contribution in [0.4, 0.5) is 0 Å². The summed E-state index contributed by atoms with van der Waals surface area (Å²) in [5.74, 6) is -0.181. The van der Waals surface area contributed by atoms with E-state index < -0.39 is 0 Å². The van der Waals surface area contributed by atoms with Crippen LogP contribution in [0.1, 0.15) is 28.8 Å². The van der Waals surface area contributed by atoms with E-state index in [1.165, 1.54) is 11.6 Å². The molecule has 4 nitrogen and oxygen atoms in total. The van der Waals surface area contributed by atoms with Gasteiger partial charge in [0.25, 0.3) is 5.91 Å². The Morgan fingerprint density at radius 2 is 1.79 bits per heavy atom. The van der Waals surface area contributed by atoms with Gasteiger partial charge in [-0.1, -0.05) is 35.9 Å². The molecule has 1 aliphatic rings. The van der Waals surface area contributed by atoms with Crippen LogP contribution in [0.15, 0.2) is 48.5 Å². The Morgan fingerprint density at radius 3 is 2.46 bits per heavy atom. The molecule has 24 heavy (non-hydrogen) atoms. The highest BCUT2D eigenvalue weighted by atomic mass is 35.5. The summed E-state index contributed by atoms with van der Waals surface area (Å²) >= 11 is 5.91. The summed E-state index contributed by atoms with van der Waals surface area (Å²) in [4.78, 5) is 14.6. The summed E-state index contributed by atoms with van der Waals surface area (Å²) in [6, 6.07) is 14.7. The number of carbonyl (C=O) groups excluding carboxylic acids is 1. The van der Waals surface area contributed by atoms with E-state index in [4.69, 9.17) is 11.6 Å². The van der Waals surface area contributed by atoms with E-state index in [1.54, 1.807) is 18.2 Å². The number of benzene rings is 2. The Morgan fingerprint density at radius 1 is 1.12 bits per heavy atom. The fourth-order valence-corrected chi connectivity index (χ4v) is 3.14. The molecule has 0 bridgehead atoms. The standard InChI is InChI=1S/C19H21ClN2O2/c20-15-7-5-14(6-8-15)13-22-11-9-16(10-12-22)21-19(24)17-3-1-2-4-18(17)23/h1-8,16,23H,9-13H2,(H,21,24). The van der Waals surface area contributed by atoms with Crippen LogP contribution < -0.4 is 5.32 Å². The van der Waals surface area contributed by atoms with Crippen molar-refractivity contribution in [2.24, 2.45) is 0 Å². The second-order valence-electron chi connectivity index (χ2n) is 6.17. The number of piperidine rings is 1. The number of carbonyl (C=O) groups is 1. The molecule has 0 saturated carbocycles. The fraction of sp³-hybridized carbons (Fsp3) is 0.316. The molecule has 1 fully saturated rings. The molecule has 3 rings (SSSR count). The number of aromatic hydroxyl groups is 1. The summed E-state index contributed by atoms with van der Waals surface area (Å²) in [6.45, 7) is 2.78. The zero-order valence-electron chi connectivity index (χ0n) is 13.4. The first kappa shape index (κ1) is 16.8. The number of likely N-dealkylation sites (tertiary alicyclic amines) is 1. The van der Waals surface area contributed by atoms with Gasteiger partial charge < -0.3 is 10.4 Å². The Hall–Kier alpha value is -2.04. The molecule has 1 amide bonds. The smallest absolute Gasteiger partial charge is 0.255 e. The summed E-state index contributed by atoms with van der Waals surface area (Å²) in [7, 11) is 0. The third kappa shape index (κ3) is 4.28. The van der Waals surface area contributed by atoms with Crippen LogP contribution in [-0.4, -0.2) is 35.0 Å². The molecule has 2 aromatic carbocycles. The fourth-order valence-electron chi connectivity index (χ4n) is 3.01. The van der Waals surface area contributed by atoms with Crippen molar-refractivity contribution in [3.05, 3.63) is 64.7 Å². The van der Waals surface area contributed by atoms with Crippen LogP contribution >= 0.6 is 11.6 Å². The lowest BCUT2D eigenvalue weighted by atomic mass is 10.0. The number of hydrogen-bond donors (Lipinski definition) is 2. The van der Waals surface area contributed by atoms with Crippen LogP contribution in [0.25, 0.3) is 0 Å². The molecular formula is C19H21ClN2O2. The number of rotatable bonds is 4. The van der Waals surface area contributed by atoms with Gasteiger partial charge in [-0.05, 0) is 42.7 Å². The topological polar surface area (TPSA) is 52.6 Å². The van der Waals surface area contributed by atoms with Gasteiger partial charge in [0.2, 0.25) is 0 Å². The third-order valence-electron chi connectivity index (χ3n) is 4.39. The van der Waals surface area contributed by atoms with Crippen molar-refractivity contribution < 1.29 is 9.90 Å². The van der Waals surface area contributed by atoms with Crippen molar-refractivity contribution in [3.63, 3.8) is 0 Å². The quantitative estimate of drug-likeness (QED) is 0.893. The molecule has 2 N–H and O–H groups in total. The van der Waals surface area contributed by atoms with Crippen molar-refractivity contribution in [2.75, 3.05) is 13.1 Å². The Labute approximate surface area is 147 Å². The maximum Gasteiger partial charge on any atom is 0.255 e. The third-order valence-corrected chi connectivity index (χ3v) is 4.64. The lowest BCUT2D eigenvalue weighted by Crippen LogP contribution is -2.44. The molecule has 126 valence electrons. The lowest BCUT2D eigenvalue weighted by Gasteiger charge is -2.32. The minimum absolute atomic E-state index is 0.0233. The van der Waals surface area contributed by atoms with E-state index in [0.717, 1.165) is 37.5 Å². The summed E-state index contributed by atoms with van der Waals surface area (Å²) in [5.41, 5.74) is 1.58. The van der Waals surface area contributed by atoms with E-state index in [2.05, 4.69) is 10.2 Å². The SMILES string of the molecule is O=C(NC1CCN(Cc2ccc(Cl)cc2)CC1)c1ccccc1O. The Balaban J connectivity index is 1.49. The van der Waals surface area contributed by atoms with E-state index in [9.17, 15) is 9.90 Å². The highest BCUT2D eigenvalue weighted by Crippen LogP contribution is 2.18. The number of para-hydroxylation sites is 1. The molecule has 0 aromatic heterocycles. The van der Waals surface area contributed by atoms with E-state index in [-0.39, 0.29) is 17.7 Å². The maximum absolute atomic E-state index is 12.2. The van der Waals surface area contributed by atoms with Crippen LogP contribution in [0.3, 0.4) is 0 Å². The lowest BCUT2D eigenvalue weighted by molar-refractivity contribution is 0.0906. The first-order valence-corrected chi connectivity index (χ1v) is 8.55. The summed E-state index contributed by atoms with van der Waals surface area (Å²) in [5, 5.41) is 13.5. The number of hydrogen-bond acceptors (Lipinski definition) is 3. The van der Waals surface area contributed by atoms with Gasteiger partial charge in [0.1, 0.15) is 5.75 Å². The van der Waals surface area contributed by atoms with Crippen LogP contribution in [-0.2, 0) is 6.54 Å². The molecule has 0 unspecified atom stereocenters. The van der Waals surface area contributed by atoms with Gasteiger partial charge in [-0.2, -0.15) is 0 Å². The average Bonchev–Trinajstić information content (AvgIpc) is 2.59. The molecule has 2 aromatic rings. The average molecular weight is 345 g/mol. The monoisotopic (exact) mass is 344 g/mol. The maximum atomic E-state index is 12.2. The van der Waals surface area contributed by atoms with Gasteiger partial charge in [0, 0.05) is 30.7 Å². The van der Waals surface area contributed by atoms with Crippen LogP contribution in [0.5, 0.6) is 5.75 Å². The molecule has 1 aliphatic heterocycles. The van der Waals surface area contributed by atoms with E-state index >= 15 is 0 Å². The number of phenols is 1. The minimum atomic E-state index is -0.204. The van der Waals surface area contributed by atoms with Crippen LogP contribution in [0.2, 0.25) is 5.02 Å². The van der Waals surface area contributed by atoms with Crippen molar-refractivity contribution in [3.8, 4) is 5.75 Å². The molecule has 0 aliphatic carbocycles. The zero-order valence-corrected chi connectivity index (χ0v) is 14.2. The van der Waals surface area contributed by atoms with Gasteiger partial charge in [-0.15, -0.1) is 0 Å². The molecule has 1 saturated heterocycles. The molecule has 0 radical (unpaired) electrons. The van der Waals surface area contributed by atoms with Gasteiger partial charge in [0.15, 0.2) is 0 Å². The first-order valence-electron chi connectivity index (χ1n) is 8.17. The first-order chi connectivity index (χ1) is 11.6. The number of phenolic OH excluding ortho intramolecular Hbond substituents is 1. The minimum Gasteiger partial charge on any atom is -0.507 e. The van der Waals surface area contributed by atoms with Gasteiger partial charge in [-0.3, -0.25) is 9.69 Å². The molecule has 0 spiro atoms.